The molecule has 0 bridgehead atoms. The van der Waals surface area contributed by atoms with Crippen LogP contribution in [-0.2, 0) is 47.8 Å². The maximum atomic E-state index is 14.5. The number of allylic oxidation sites excluding steroid dienone is 2. The van der Waals surface area contributed by atoms with Gasteiger partial charge in [-0.15, -0.1) is 23.4 Å². The smallest absolute Gasteiger partial charge is 0.306 e. The third kappa shape index (κ3) is 10.5. The fourth-order valence-electron chi connectivity index (χ4n) is 10.3. The summed E-state index contributed by atoms with van der Waals surface area (Å²) >= 11 is 8.75. The van der Waals surface area contributed by atoms with Crippen LogP contribution in [0.4, 0.5) is 0 Å². The van der Waals surface area contributed by atoms with Crippen molar-refractivity contribution in [2.75, 3.05) is 32.2 Å². The summed E-state index contributed by atoms with van der Waals surface area (Å²) < 4.78 is 11.8. The van der Waals surface area contributed by atoms with Crippen molar-refractivity contribution in [3.8, 4) is 0 Å². The first-order valence-corrected chi connectivity index (χ1v) is 22.5. The largest absolute Gasteiger partial charge is 0.481 e. The van der Waals surface area contributed by atoms with Gasteiger partial charge in [-0.3, -0.25) is 38.4 Å². The molecule has 4 amide bonds. The van der Waals surface area contributed by atoms with E-state index in [0.29, 0.717) is 25.0 Å². The predicted octanol–water partition coefficient (Wildman–Crippen LogP) is 1.58. The highest BCUT2D eigenvalue weighted by molar-refractivity contribution is 8.00. The molecule has 4 rings (SSSR count). The zero-order chi connectivity index (χ0) is 46.2. The van der Waals surface area contributed by atoms with Gasteiger partial charge >= 0.3 is 17.9 Å². The Balaban J connectivity index is 1.37. The van der Waals surface area contributed by atoms with E-state index in [2.05, 4.69) is 21.3 Å². The lowest BCUT2D eigenvalue weighted by Gasteiger charge is -2.64. The zero-order valence-electron chi connectivity index (χ0n) is 35.8. The second-order valence-electron chi connectivity index (χ2n) is 17.0. The van der Waals surface area contributed by atoms with Crippen LogP contribution in [0, 0.1) is 28.6 Å². The van der Waals surface area contributed by atoms with Crippen LogP contribution in [-0.4, -0.2) is 134 Å². The Kier molecular flexibility index (Phi) is 17.2. The lowest BCUT2D eigenvalue weighted by Crippen LogP contribution is -2.69. The quantitative estimate of drug-likeness (QED) is 0.0252. The van der Waals surface area contributed by atoms with E-state index in [4.69, 9.17) is 26.2 Å². The maximum absolute atomic E-state index is 14.5. The molecule has 3 unspecified atom stereocenters. The van der Waals surface area contributed by atoms with Gasteiger partial charge < -0.3 is 51.2 Å². The number of fused-ring (bicyclic) bond motifs is 5. The van der Waals surface area contributed by atoms with Gasteiger partial charge in [0.15, 0.2) is 5.60 Å². The molecular weight excluding hydrogens is 852 g/mol. The molecule has 20 heteroatoms. The summed E-state index contributed by atoms with van der Waals surface area (Å²) in [4.78, 5) is 99.5. The molecule has 0 saturated heterocycles. The lowest BCUT2D eigenvalue weighted by molar-refractivity contribution is -0.203. The summed E-state index contributed by atoms with van der Waals surface area (Å²) in [5, 5.41) is 49.5. The molecule has 62 heavy (non-hydrogen) atoms. The summed E-state index contributed by atoms with van der Waals surface area (Å²) in [6.45, 7) is 7.13. The molecular formula is C42H61ClN4O14S. The summed E-state index contributed by atoms with van der Waals surface area (Å²) in [6, 6.07) is -1.38. The number of carbonyl (C=O) groups excluding carboxylic acids is 6. The number of thioether (sulfide) groups is 1. The minimum absolute atomic E-state index is 0.0233. The number of carboxylic acid groups (broad SMARTS) is 2. The predicted molar refractivity (Wildman–Crippen MR) is 225 cm³/mol. The summed E-state index contributed by atoms with van der Waals surface area (Å²) in [5.74, 6) is -6.99. The number of halogens is 1. The van der Waals surface area contributed by atoms with E-state index >= 15 is 0 Å². The summed E-state index contributed by atoms with van der Waals surface area (Å²) in [6.07, 6.45) is 3.60. The molecule has 0 heterocycles. The number of Topliss-reactive ketones (excluding diaryl/α,β-unsaturated/α-hetero) is 1. The van der Waals surface area contributed by atoms with E-state index in [1.807, 2.05) is 26.8 Å². The standard InChI is InChI=1S/C42H61ClN4O14S/c1-6-36(57)61-42(23(3)16-27-26-9-8-24-17-25(48)12-14-39(24,4)41(26,43)30(49)19-40(27,42)5)31(50)21-60-22-46-37(58)28(10-11-34(53)54)47-33(52)20-45-32(51)13-15-44-38(59)29(62-7-2)18-35(55)56/h12,14,17,23,25-30,48-49H,6-11,13,15-16,18-22H2,1-5H3,(H,44,59)(H,45,51)(H,46,58)(H,47,52)(H,53,54)(H,55,56)/t23-,25?,26-,27?,28-,29?,30-,39-,40-,41-,42-/m0/s1. The SMILES string of the molecule is CCSC(CC(=O)O)C(=O)NCCC(=O)NCC(=O)N[C@@H](CCC(=O)O)C(=O)NCOCC(=O)[C@@]1(OC(=O)CC)[C@@H](C)CC2[C@@H]3CCC4=CC(O)C=C[C@]4(C)[C@@]3(Cl)[C@@H](O)C[C@@]21C. The average Bonchev–Trinajstić information content (AvgIpc) is 3.42. The molecule has 0 radical (unpaired) electrons. The Labute approximate surface area is 370 Å². The molecule has 18 nitrogen and oxygen atoms in total. The Morgan fingerprint density at radius 3 is 2.31 bits per heavy atom. The van der Waals surface area contributed by atoms with E-state index in [1.54, 1.807) is 26.0 Å². The number of nitrogens with one attached hydrogen (secondary N) is 4. The molecule has 0 aromatic carbocycles. The van der Waals surface area contributed by atoms with Crippen LogP contribution in [0.5, 0.6) is 0 Å². The van der Waals surface area contributed by atoms with Gasteiger partial charge in [0.25, 0.3) is 0 Å². The van der Waals surface area contributed by atoms with Crippen LogP contribution in [0.1, 0.15) is 92.4 Å². The fraction of sp³-hybridized carbons (Fsp3) is 0.714. The van der Waals surface area contributed by atoms with Gasteiger partial charge in [0, 0.05) is 42.6 Å². The number of hydrogen-bond donors (Lipinski definition) is 8. The van der Waals surface area contributed by atoms with Gasteiger partial charge in [-0.05, 0) is 49.7 Å². The molecule has 0 aromatic rings. The first kappa shape index (κ1) is 50.6. The van der Waals surface area contributed by atoms with Crippen LogP contribution in [0.2, 0.25) is 0 Å². The number of ketones is 1. The van der Waals surface area contributed by atoms with E-state index in [9.17, 15) is 53.7 Å². The Morgan fingerprint density at radius 2 is 1.66 bits per heavy atom. The molecule has 3 fully saturated rings. The van der Waals surface area contributed by atoms with Gasteiger partial charge in [0.05, 0.1) is 35.3 Å². The van der Waals surface area contributed by atoms with Crippen molar-refractivity contribution in [3.63, 3.8) is 0 Å². The molecule has 0 spiro atoms. The number of hydrogen-bond acceptors (Lipinski definition) is 13. The van der Waals surface area contributed by atoms with Crippen LogP contribution < -0.4 is 21.3 Å². The number of aliphatic hydroxyl groups excluding tert-OH is 2. The van der Waals surface area contributed by atoms with Gasteiger partial charge in [-0.25, -0.2) is 0 Å². The summed E-state index contributed by atoms with van der Waals surface area (Å²) in [7, 11) is 0. The van der Waals surface area contributed by atoms with Crippen molar-refractivity contribution in [2.24, 2.45) is 28.6 Å². The average molecular weight is 913 g/mol. The third-order valence-corrected chi connectivity index (χ3v) is 15.3. The third-order valence-electron chi connectivity index (χ3n) is 13.3. The van der Waals surface area contributed by atoms with Gasteiger partial charge in [-0.2, -0.15) is 0 Å². The molecule has 11 atom stereocenters. The Morgan fingerprint density at radius 1 is 0.952 bits per heavy atom. The lowest BCUT2D eigenvalue weighted by atomic mass is 9.45. The van der Waals surface area contributed by atoms with Crippen molar-refractivity contribution >= 4 is 70.7 Å². The van der Waals surface area contributed by atoms with Crippen molar-refractivity contribution in [1.29, 1.82) is 0 Å². The normalized spacial score (nSPS) is 31.7. The number of aliphatic hydroxyl groups is 2. The van der Waals surface area contributed by atoms with Crippen LogP contribution in [0.15, 0.2) is 23.8 Å². The Bertz CT molecular complexity index is 1810. The van der Waals surface area contributed by atoms with E-state index in [1.165, 1.54) is 0 Å². The van der Waals surface area contributed by atoms with E-state index in [0.717, 1.165) is 17.3 Å². The number of amides is 4. The van der Waals surface area contributed by atoms with Crippen molar-refractivity contribution in [2.45, 2.75) is 126 Å². The van der Waals surface area contributed by atoms with Gasteiger partial charge in [0.1, 0.15) is 19.4 Å². The Hall–Kier alpha value is -4.04. The molecule has 346 valence electrons. The van der Waals surface area contributed by atoms with E-state index < -0.39 is 124 Å². The van der Waals surface area contributed by atoms with Gasteiger partial charge in [0.2, 0.25) is 29.4 Å². The minimum atomic E-state index is -1.73. The number of carboxylic acids is 2. The fourth-order valence-corrected chi connectivity index (χ4v) is 11.7. The number of esters is 1. The second kappa shape index (κ2) is 21.1. The molecule has 4 aliphatic carbocycles. The molecule has 3 saturated carbocycles. The highest BCUT2D eigenvalue weighted by atomic mass is 35.5. The zero-order valence-corrected chi connectivity index (χ0v) is 37.4. The van der Waals surface area contributed by atoms with Crippen LogP contribution >= 0.6 is 23.4 Å². The maximum Gasteiger partial charge on any atom is 0.306 e. The topological polar surface area (TPSA) is 284 Å². The number of aliphatic carboxylic acids is 2. The molecule has 8 N–H and O–H groups in total. The molecule has 4 aliphatic rings. The summed E-state index contributed by atoms with van der Waals surface area (Å²) in [5.41, 5.74) is -2.65. The highest BCUT2D eigenvalue weighted by Gasteiger charge is 2.76. The number of alkyl halides is 1. The van der Waals surface area contributed by atoms with Gasteiger partial charge in [-0.1, -0.05) is 58.4 Å². The first-order valence-electron chi connectivity index (χ1n) is 21.1. The first-order chi connectivity index (χ1) is 29.1. The molecule has 0 aliphatic heterocycles. The number of carbonyl (C=O) groups is 8. The second-order valence-corrected chi connectivity index (χ2v) is 19.1. The number of rotatable bonds is 22. The highest BCUT2D eigenvalue weighted by Crippen LogP contribution is 2.72. The van der Waals surface area contributed by atoms with E-state index in [-0.39, 0.29) is 50.5 Å². The van der Waals surface area contributed by atoms with Crippen molar-refractivity contribution in [1.82, 2.24) is 21.3 Å². The monoisotopic (exact) mass is 912 g/mol. The van der Waals surface area contributed by atoms with Crippen LogP contribution in [0.3, 0.4) is 0 Å². The molecule has 0 aromatic heterocycles. The van der Waals surface area contributed by atoms with Crippen molar-refractivity contribution < 1.29 is 68.3 Å². The van der Waals surface area contributed by atoms with Crippen molar-refractivity contribution in [3.05, 3.63) is 23.8 Å². The number of ether oxygens (including phenoxy) is 2. The minimum Gasteiger partial charge on any atom is -0.481 e. The van der Waals surface area contributed by atoms with Crippen LogP contribution in [0.25, 0.3) is 0 Å².